The fourth-order valence-electron chi connectivity index (χ4n) is 1.06. The van der Waals surface area contributed by atoms with Crippen molar-refractivity contribution in [1.82, 2.24) is 0 Å². The number of oxime groups is 1. The van der Waals surface area contributed by atoms with Gasteiger partial charge in [-0.05, 0) is 0 Å². The molecule has 1 unspecified atom stereocenters. The van der Waals surface area contributed by atoms with Gasteiger partial charge in [-0.1, -0.05) is 12.1 Å². The number of nitrogens with zero attached hydrogens (tertiary/aromatic N) is 1. The Morgan fingerprint density at radius 1 is 1.78 bits per heavy atom. The zero-order valence-electron chi connectivity index (χ0n) is 5.92. The number of hydrogen-bond acceptors (Lipinski definition) is 2. The SMILES string of the molecule is CO/N=C1\C[NH2+]CC1C. The van der Waals surface area contributed by atoms with Gasteiger partial charge in [0.05, 0.1) is 12.5 Å². The fraction of sp³-hybridized carbons (Fsp3) is 0.833. The van der Waals surface area contributed by atoms with Crippen molar-refractivity contribution in [3.05, 3.63) is 0 Å². The summed E-state index contributed by atoms with van der Waals surface area (Å²) in [5.74, 6) is 0.602. The number of rotatable bonds is 1. The van der Waals surface area contributed by atoms with E-state index in [0.717, 1.165) is 13.1 Å². The van der Waals surface area contributed by atoms with Crippen LogP contribution in [0.15, 0.2) is 5.16 Å². The number of hydrogen-bond donors (Lipinski definition) is 1. The van der Waals surface area contributed by atoms with Crippen LogP contribution in [0.1, 0.15) is 6.92 Å². The van der Waals surface area contributed by atoms with E-state index < -0.39 is 0 Å². The van der Waals surface area contributed by atoms with Crippen molar-refractivity contribution in [2.24, 2.45) is 11.1 Å². The van der Waals surface area contributed by atoms with E-state index in [1.807, 2.05) is 0 Å². The molecule has 0 aromatic rings. The summed E-state index contributed by atoms with van der Waals surface area (Å²) in [4.78, 5) is 4.66. The molecule has 1 aliphatic rings. The first-order valence-corrected chi connectivity index (χ1v) is 3.26. The summed E-state index contributed by atoms with van der Waals surface area (Å²) in [7, 11) is 1.60. The van der Waals surface area contributed by atoms with Gasteiger partial charge in [-0.25, -0.2) is 0 Å². The van der Waals surface area contributed by atoms with Gasteiger partial charge in [0.2, 0.25) is 0 Å². The first-order valence-electron chi connectivity index (χ1n) is 3.26. The van der Waals surface area contributed by atoms with Gasteiger partial charge in [-0.15, -0.1) is 0 Å². The molecule has 1 fully saturated rings. The minimum atomic E-state index is 0.602. The maximum absolute atomic E-state index is 4.66. The highest BCUT2D eigenvalue weighted by molar-refractivity contribution is 5.87. The number of quaternary nitrogens is 1. The Balaban J connectivity index is 2.48. The molecule has 1 atom stereocenters. The van der Waals surface area contributed by atoms with Crippen molar-refractivity contribution in [1.29, 1.82) is 0 Å². The molecule has 1 saturated heterocycles. The van der Waals surface area contributed by atoms with Crippen LogP contribution >= 0.6 is 0 Å². The van der Waals surface area contributed by atoms with Crippen LogP contribution in [0.2, 0.25) is 0 Å². The molecule has 0 aromatic heterocycles. The molecule has 2 N–H and O–H groups in total. The van der Waals surface area contributed by atoms with Gasteiger partial charge in [0.25, 0.3) is 0 Å². The van der Waals surface area contributed by atoms with Crippen LogP contribution in [-0.2, 0) is 4.84 Å². The van der Waals surface area contributed by atoms with Crippen LogP contribution < -0.4 is 5.32 Å². The minimum absolute atomic E-state index is 0.602. The highest BCUT2D eigenvalue weighted by Gasteiger charge is 2.21. The van der Waals surface area contributed by atoms with Gasteiger partial charge in [-0.2, -0.15) is 0 Å². The van der Waals surface area contributed by atoms with Gasteiger partial charge in [0.1, 0.15) is 19.4 Å². The predicted octanol–water partition coefficient (Wildman–Crippen LogP) is -0.798. The molecule has 3 nitrogen and oxygen atoms in total. The predicted molar refractivity (Wildman–Crippen MR) is 35.3 cm³/mol. The normalized spacial score (nSPS) is 31.3. The average molecular weight is 129 g/mol. The van der Waals surface area contributed by atoms with Gasteiger partial charge in [-0.3, -0.25) is 0 Å². The van der Waals surface area contributed by atoms with Crippen molar-refractivity contribution in [2.45, 2.75) is 6.92 Å². The third-order valence-electron chi connectivity index (χ3n) is 1.65. The monoisotopic (exact) mass is 129 g/mol. The summed E-state index contributed by atoms with van der Waals surface area (Å²) in [5, 5.41) is 6.13. The van der Waals surface area contributed by atoms with Crippen LogP contribution in [0.3, 0.4) is 0 Å². The Kier molecular flexibility index (Phi) is 2.05. The van der Waals surface area contributed by atoms with E-state index in [4.69, 9.17) is 0 Å². The van der Waals surface area contributed by atoms with E-state index in [2.05, 4.69) is 22.2 Å². The number of nitrogens with two attached hydrogens (primary N) is 1. The van der Waals surface area contributed by atoms with E-state index in [1.165, 1.54) is 5.71 Å². The maximum atomic E-state index is 4.66. The zero-order valence-corrected chi connectivity index (χ0v) is 5.92. The first-order chi connectivity index (χ1) is 4.34. The smallest absolute Gasteiger partial charge is 0.119 e. The molecule has 9 heavy (non-hydrogen) atoms. The lowest BCUT2D eigenvalue weighted by molar-refractivity contribution is -0.632. The molecule has 0 spiro atoms. The third kappa shape index (κ3) is 1.42. The second kappa shape index (κ2) is 2.82. The van der Waals surface area contributed by atoms with Crippen molar-refractivity contribution in [2.75, 3.05) is 20.2 Å². The summed E-state index contributed by atoms with van der Waals surface area (Å²) in [5.41, 5.74) is 1.18. The highest BCUT2D eigenvalue weighted by Crippen LogP contribution is 1.97. The topological polar surface area (TPSA) is 38.2 Å². The maximum Gasteiger partial charge on any atom is 0.119 e. The lowest BCUT2D eigenvalue weighted by atomic mass is 10.1. The minimum Gasteiger partial charge on any atom is -0.399 e. The van der Waals surface area contributed by atoms with Crippen molar-refractivity contribution in [3.63, 3.8) is 0 Å². The molecular formula is C6H13N2O+. The van der Waals surface area contributed by atoms with Gasteiger partial charge >= 0.3 is 0 Å². The summed E-state index contributed by atoms with van der Waals surface area (Å²) >= 11 is 0. The van der Waals surface area contributed by atoms with Crippen molar-refractivity contribution < 1.29 is 10.2 Å². The Hall–Kier alpha value is -0.570. The Bertz CT molecular complexity index is 122. The van der Waals surface area contributed by atoms with E-state index in [-0.39, 0.29) is 0 Å². The Morgan fingerprint density at radius 3 is 3.00 bits per heavy atom. The summed E-state index contributed by atoms with van der Waals surface area (Å²) in [6.45, 7) is 4.33. The fourth-order valence-corrected chi connectivity index (χ4v) is 1.06. The molecule has 1 aliphatic heterocycles. The molecule has 0 aromatic carbocycles. The third-order valence-corrected chi connectivity index (χ3v) is 1.65. The van der Waals surface area contributed by atoms with Crippen LogP contribution in [0, 0.1) is 5.92 Å². The zero-order chi connectivity index (χ0) is 6.69. The van der Waals surface area contributed by atoms with E-state index in [1.54, 1.807) is 7.11 Å². The van der Waals surface area contributed by atoms with Gasteiger partial charge < -0.3 is 10.2 Å². The molecule has 52 valence electrons. The quantitative estimate of drug-likeness (QED) is 0.462. The molecule has 1 rings (SSSR count). The van der Waals surface area contributed by atoms with Crippen molar-refractivity contribution >= 4 is 5.71 Å². The van der Waals surface area contributed by atoms with Crippen LogP contribution in [0.5, 0.6) is 0 Å². The molecule has 0 aliphatic carbocycles. The first kappa shape index (κ1) is 6.55. The second-order valence-electron chi connectivity index (χ2n) is 2.39. The largest absolute Gasteiger partial charge is 0.399 e. The van der Waals surface area contributed by atoms with E-state index in [0.29, 0.717) is 5.92 Å². The molecule has 0 radical (unpaired) electrons. The Labute approximate surface area is 55.1 Å². The summed E-state index contributed by atoms with van der Waals surface area (Å²) < 4.78 is 0. The van der Waals surface area contributed by atoms with Crippen LogP contribution in [0.25, 0.3) is 0 Å². The van der Waals surface area contributed by atoms with Crippen LogP contribution in [-0.4, -0.2) is 25.9 Å². The molecule has 0 bridgehead atoms. The Morgan fingerprint density at radius 2 is 2.56 bits per heavy atom. The van der Waals surface area contributed by atoms with Crippen molar-refractivity contribution in [3.8, 4) is 0 Å². The van der Waals surface area contributed by atoms with E-state index >= 15 is 0 Å². The van der Waals surface area contributed by atoms with Crippen LogP contribution in [0.4, 0.5) is 0 Å². The average Bonchev–Trinajstić information content (AvgIpc) is 2.18. The lowest BCUT2D eigenvalue weighted by Crippen LogP contribution is -2.81. The van der Waals surface area contributed by atoms with E-state index in [9.17, 15) is 0 Å². The lowest BCUT2D eigenvalue weighted by Gasteiger charge is -1.94. The summed E-state index contributed by atoms with van der Waals surface area (Å²) in [6.07, 6.45) is 0. The second-order valence-corrected chi connectivity index (χ2v) is 2.39. The standard InChI is InChI=1S/C6H12N2O/c1-5-3-7-4-6(5)8-9-2/h5,7H,3-4H2,1-2H3/p+1/b8-6+. The molecule has 3 heteroatoms. The molecule has 0 amide bonds. The van der Waals surface area contributed by atoms with Gasteiger partial charge in [0, 0.05) is 0 Å². The summed E-state index contributed by atoms with van der Waals surface area (Å²) in [6, 6.07) is 0. The molecule has 0 saturated carbocycles. The molecule has 1 heterocycles. The molecular weight excluding hydrogens is 116 g/mol. The van der Waals surface area contributed by atoms with Gasteiger partial charge in [0.15, 0.2) is 0 Å². The highest BCUT2D eigenvalue weighted by atomic mass is 16.6.